The number of anilines is 2. The van der Waals surface area contributed by atoms with Crippen molar-refractivity contribution in [1.29, 1.82) is 0 Å². The molecule has 1 saturated carbocycles. The zero-order valence-electron chi connectivity index (χ0n) is 17.1. The Morgan fingerprint density at radius 3 is 2.41 bits per heavy atom. The van der Waals surface area contributed by atoms with Crippen LogP contribution in [-0.2, 0) is 17.8 Å². The summed E-state index contributed by atoms with van der Waals surface area (Å²) < 4.78 is 0. The summed E-state index contributed by atoms with van der Waals surface area (Å²) in [5.74, 6) is 3.24. The molecule has 27 heavy (non-hydrogen) atoms. The number of carbonyl (C=O) groups is 1. The van der Waals surface area contributed by atoms with Gasteiger partial charge >= 0.3 is 0 Å². The highest BCUT2D eigenvalue weighted by atomic mass is 16.2. The van der Waals surface area contributed by atoms with Crippen LogP contribution in [0.25, 0.3) is 0 Å². The van der Waals surface area contributed by atoms with Gasteiger partial charge in [-0.15, -0.1) is 0 Å². The van der Waals surface area contributed by atoms with Gasteiger partial charge in [-0.2, -0.15) is 4.98 Å². The maximum absolute atomic E-state index is 12.9. The Morgan fingerprint density at radius 1 is 1.04 bits per heavy atom. The molecule has 1 amide bonds. The Hall–Kier alpha value is -1.85. The van der Waals surface area contributed by atoms with E-state index in [0.717, 1.165) is 67.8 Å². The van der Waals surface area contributed by atoms with Crippen LogP contribution in [0.15, 0.2) is 0 Å². The molecule has 148 valence electrons. The predicted octanol–water partition coefficient (Wildman–Crippen LogP) is 2.85. The van der Waals surface area contributed by atoms with Crippen LogP contribution in [0.4, 0.5) is 11.8 Å². The van der Waals surface area contributed by atoms with E-state index < -0.39 is 0 Å². The third kappa shape index (κ3) is 3.76. The molecule has 3 heterocycles. The molecule has 0 aromatic carbocycles. The molecule has 6 nitrogen and oxygen atoms in total. The zero-order valence-corrected chi connectivity index (χ0v) is 17.1. The van der Waals surface area contributed by atoms with Gasteiger partial charge in [0.25, 0.3) is 0 Å². The van der Waals surface area contributed by atoms with Crippen molar-refractivity contribution in [3.05, 3.63) is 11.3 Å². The average molecular weight is 372 g/mol. The highest BCUT2D eigenvalue weighted by molar-refractivity contribution is 5.79. The fraction of sp³-hybridized carbons (Fsp3) is 0.762. The molecule has 1 saturated heterocycles. The van der Waals surface area contributed by atoms with Crippen LogP contribution in [0.5, 0.6) is 0 Å². The summed E-state index contributed by atoms with van der Waals surface area (Å²) in [5.41, 5.74) is 2.28. The van der Waals surface area contributed by atoms with Crippen molar-refractivity contribution in [2.24, 2.45) is 11.8 Å². The first-order chi connectivity index (χ1) is 13.0. The molecule has 0 atom stereocenters. The normalized spacial score (nSPS) is 21.4. The van der Waals surface area contributed by atoms with Gasteiger partial charge in [-0.3, -0.25) is 4.79 Å². The molecule has 1 aromatic rings. The van der Waals surface area contributed by atoms with Crippen LogP contribution < -0.4 is 9.80 Å². The second-order valence-electron chi connectivity index (χ2n) is 8.83. The highest BCUT2D eigenvalue weighted by Gasteiger charge is 2.32. The van der Waals surface area contributed by atoms with Crippen LogP contribution in [0, 0.1) is 11.8 Å². The van der Waals surface area contributed by atoms with Crippen molar-refractivity contribution in [1.82, 2.24) is 14.9 Å². The quantitative estimate of drug-likeness (QED) is 0.818. The number of fused-ring (bicyclic) bond motifs is 1. The lowest BCUT2D eigenvalue weighted by Gasteiger charge is -2.35. The number of amides is 1. The van der Waals surface area contributed by atoms with Crippen LogP contribution in [0.1, 0.15) is 56.7 Å². The lowest BCUT2D eigenvalue weighted by molar-refractivity contribution is -0.136. The molecule has 6 heteroatoms. The molecule has 0 N–H and O–H groups in total. The zero-order chi connectivity index (χ0) is 19.0. The molecule has 0 radical (unpaired) electrons. The van der Waals surface area contributed by atoms with E-state index in [4.69, 9.17) is 9.97 Å². The first-order valence-electron chi connectivity index (χ1n) is 10.6. The van der Waals surface area contributed by atoms with Crippen LogP contribution in [0.3, 0.4) is 0 Å². The van der Waals surface area contributed by atoms with Crippen molar-refractivity contribution in [3.63, 3.8) is 0 Å². The van der Waals surface area contributed by atoms with Gasteiger partial charge in [0.15, 0.2) is 0 Å². The third-order valence-electron chi connectivity index (χ3n) is 6.53. The Kier molecular flexibility index (Phi) is 5.24. The molecule has 4 rings (SSSR count). The lowest BCUT2D eigenvalue weighted by Crippen LogP contribution is -2.41. The van der Waals surface area contributed by atoms with Crippen molar-refractivity contribution < 1.29 is 4.79 Å². The van der Waals surface area contributed by atoms with Crippen molar-refractivity contribution in [3.8, 4) is 0 Å². The van der Waals surface area contributed by atoms with E-state index in [1.165, 1.54) is 25.7 Å². The van der Waals surface area contributed by atoms with E-state index in [1.54, 1.807) is 0 Å². The van der Waals surface area contributed by atoms with Gasteiger partial charge in [0.1, 0.15) is 5.82 Å². The Bertz CT molecular complexity index is 690. The fourth-order valence-corrected chi connectivity index (χ4v) is 4.72. The van der Waals surface area contributed by atoms with Crippen molar-refractivity contribution >= 4 is 17.7 Å². The smallest absolute Gasteiger partial charge is 0.227 e. The van der Waals surface area contributed by atoms with Crippen LogP contribution in [-0.4, -0.2) is 54.5 Å². The van der Waals surface area contributed by atoms with E-state index in [1.807, 2.05) is 14.1 Å². The molecule has 0 unspecified atom stereocenters. The molecule has 0 spiro atoms. The summed E-state index contributed by atoms with van der Waals surface area (Å²) in [6, 6.07) is 0. The van der Waals surface area contributed by atoms with E-state index in [-0.39, 0.29) is 5.92 Å². The third-order valence-corrected chi connectivity index (χ3v) is 6.53. The summed E-state index contributed by atoms with van der Waals surface area (Å²) >= 11 is 0. The van der Waals surface area contributed by atoms with E-state index >= 15 is 0 Å². The number of aromatic nitrogens is 2. The number of hydrogen-bond donors (Lipinski definition) is 0. The number of nitrogens with zero attached hydrogens (tertiary/aromatic N) is 5. The SMILES string of the molecule is CC1CCN(c2nc3c(c(N(C)C)n2)CN(C(=O)C2CCCC2)CC3)CC1. The maximum Gasteiger partial charge on any atom is 0.227 e. The molecule has 2 fully saturated rings. The Labute approximate surface area is 162 Å². The first kappa shape index (κ1) is 18.5. The monoisotopic (exact) mass is 371 g/mol. The van der Waals surface area contributed by atoms with Gasteiger partial charge in [0.2, 0.25) is 11.9 Å². The highest BCUT2D eigenvalue weighted by Crippen LogP contribution is 2.32. The summed E-state index contributed by atoms with van der Waals surface area (Å²) in [6.07, 6.45) is 7.78. The maximum atomic E-state index is 12.9. The Balaban J connectivity index is 1.58. The van der Waals surface area contributed by atoms with E-state index in [2.05, 4.69) is 21.6 Å². The Morgan fingerprint density at radius 2 is 1.74 bits per heavy atom. The molecule has 2 aliphatic heterocycles. The second-order valence-corrected chi connectivity index (χ2v) is 8.83. The van der Waals surface area contributed by atoms with Gasteiger partial charge in [0, 0.05) is 51.6 Å². The topological polar surface area (TPSA) is 52.6 Å². The summed E-state index contributed by atoms with van der Waals surface area (Å²) in [5, 5.41) is 0. The molecular formula is C21H33N5O. The largest absolute Gasteiger partial charge is 0.362 e. The summed E-state index contributed by atoms with van der Waals surface area (Å²) in [4.78, 5) is 29.2. The van der Waals surface area contributed by atoms with Crippen molar-refractivity contribution in [2.75, 3.05) is 43.5 Å². The summed E-state index contributed by atoms with van der Waals surface area (Å²) in [6.45, 7) is 5.86. The molecule has 1 aromatic heterocycles. The van der Waals surface area contributed by atoms with Crippen LogP contribution >= 0.6 is 0 Å². The fourth-order valence-electron chi connectivity index (χ4n) is 4.72. The first-order valence-corrected chi connectivity index (χ1v) is 10.6. The number of rotatable bonds is 3. The minimum atomic E-state index is 0.241. The van der Waals surface area contributed by atoms with Crippen molar-refractivity contribution in [2.45, 2.75) is 58.4 Å². The van der Waals surface area contributed by atoms with Gasteiger partial charge in [-0.05, 0) is 31.6 Å². The number of carbonyl (C=O) groups excluding carboxylic acids is 1. The minimum absolute atomic E-state index is 0.241. The molecule has 0 bridgehead atoms. The van der Waals surface area contributed by atoms with Gasteiger partial charge in [-0.1, -0.05) is 19.8 Å². The van der Waals surface area contributed by atoms with Crippen LogP contribution in [0.2, 0.25) is 0 Å². The predicted molar refractivity (Wildman–Crippen MR) is 108 cm³/mol. The van der Waals surface area contributed by atoms with Gasteiger partial charge < -0.3 is 14.7 Å². The molecular weight excluding hydrogens is 338 g/mol. The average Bonchev–Trinajstić information content (AvgIpc) is 3.21. The lowest BCUT2D eigenvalue weighted by atomic mass is 9.99. The van der Waals surface area contributed by atoms with E-state index in [0.29, 0.717) is 12.5 Å². The minimum Gasteiger partial charge on any atom is -0.362 e. The summed E-state index contributed by atoms with van der Waals surface area (Å²) in [7, 11) is 4.09. The number of piperidine rings is 1. The number of hydrogen-bond acceptors (Lipinski definition) is 5. The second kappa shape index (κ2) is 7.64. The molecule has 1 aliphatic carbocycles. The molecule has 3 aliphatic rings. The van der Waals surface area contributed by atoms with Gasteiger partial charge in [-0.25, -0.2) is 4.98 Å². The van der Waals surface area contributed by atoms with Gasteiger partial charge in [0.05, 0.1) is 12.2 Å². The standard InChI is InChI=1S/C21H33N5O/c1-15-8-11-25(12-9-15)21-22-18-10-13-26(20(27)16-6-4-5-7-16)14-17(18)19(23-21)24(2)3/h15-16H,4-14H2,1-3H3. The van der Waals surface area contributed by atoms with E-state index in [9.17, 15) is 4.79 Å².